The van der Waals surface area contributed by atoms with Gasteiger partial charge in [0.1, 0.15) is 10.4 Å². The third-order valence-electron chi connectivity index (χ3n) is 3.43. The zero-order chi connectivity index (χ0) is 19.6. The Morgan fingerprint density at radius 2 is 2.26 bits per heavy atom. The van der Waals surface area contributed by atoms with Crippen molar-refractivity contribution in [3.05, 3.63) is 37.5 Å². The van der Waals surface area contributed by atoms with Crippen molar-refractivity contribution in [2.45, 2.75) is 12.1 Å². The number of hydrogen-bond donors (Lipinski definition) is 1. The number of aromatic nitrogens is 3. The van der Waals surface area contributed by atoms with Gasteiger partial charge in [0.2, 0.25) is 0 Å². The predicted molar refractivity (Wildman–Crippen MR) is 109 cm³/mol. The van der Waals surface area contributed by atoms with Crippen LogP contribution in [0.5, 0.6) is 5.75 Å². The fraction of sp³-hybridized carbons (Fsp3) is 0.250. The Kier molecular flexibility index (Phi) is 6.20. The molecule has 2 heterocycles. The topological polar surface area (TPSA) is 86.2 Å². The fourth-order valence-electron chi connectivity index (χ4n) is 2.34. The Hall–Kier alpha value is -1.88. The number of rotatable bonds is 6. The molecule has 0 aliphatic rings. The first-order valence-electron chi connectivity index (χ1n) is 7.72. The number of aromatic amines is 1. The van der Waals surface area contributed by atoms with Gasteiger partial charge in [0.05, 0.1) is 25.2 Å². The zero-order valence-corrected chi connectivity index (χ0v) is 17.5. The first-order chi connectivity index (χ1) is 12.9. The lowest BCUT2D eigenvalue weighted by Gasteiger charge is -2.11. The molecule has 0 spiro atoms. The number of esters is 1. The van der Waals surface area contributed by atoms with E-state index in [0.29, 0.717) is 42.5 Å². The quantitative estimate of drug-likeness (QED) is 0.268. The molecular weight excluding hydrogens is 430 g/mol. The average molecular weight is 444 g/mol. The maximum absolute atomic E-state index is 12.5. The monoisotopic (exact) mass is 443 g/mol. The first-order valence-corrected chi connectivity index (χ1v) is 10.3. The number of carbonyl (C=O) groups is 1. The number of H-pyrrole nitrogens is 1. The Morgan fingerprint density at radius 3 is 2.96 bits per heavy atom. The molecule has 0 saturated heterocycles. The molecule has 0 bridgehead atoms. The van der Waals surface area contributed by atoms with Gasteiger partial charge in [-0.2, -0.15) is 0 Å². The van der Waals surface area contributed by atoms with Gasteiger partial charge in [-0.05, 0) is 37.3 Å². The van der Waals surface area contributed by atoms with Gasteiger partial charge in [0.15, 0.2) is 14.8 Å². The number of fused-ring (bicyclic) bond motifs is 1. The van der Waals surface area contributed by atoms with Gasteiger partial charge < -0.3 is 14.5 Å². The maximum atomic E-state index is 12.5. The second kappa shape index (κ2) is 8.42. The molecule has 0 atom stereocenters. The molecule has 2 aromatic heterocycles. The molecule has 0 fully saturated rings. The van der Waals surface area contributed by atoms with E-state index in [1.54, 1.807) is 29.7 Å². The van der Waals surface area contributed by atoms with Crippen molar-refractivity contribution in [1.29, 1.82) is 0 Å². The van der Waals surface area contributed by atoms with Crippen LogP contribution in [0.15, 0.2) is 28.2 Å². The summed E-state index contributed by atoms with van der Waals surface area (Å²) in [7, 11) is 1.53. The van der Waals surface area contributed by atoms with Crippen molar-refractivity contribution in [2.75, 3.05) is 19.5 Å². The number of nitrogens with one attached hydrogen (secondary N) is 1. The summed E-state index contributed by atoms with van der Waals surface area (Å²) in [6.45, 7) is 2.02. The summed E-state index contributed by atoms with van der Waals surface area (Å²) in [5.74, 6) is 0.190. The van der Waals surface area contributed by atoms with E-state index in [4.69, 9.17) is 33.3 Å². The van der Waals surface area contributed by atoms with Gasteiger partial charge in [-0.3, -0.25) is 14.2 Å². The number of carbonyl (C=O) groups excluding carboxylic acids is 1. The van der Waals surface area contributed by atoms with Crippen LogP contribution in [0.25, 0.3) is 16.0 Å². The maximum Gasteiger partial charge on any atom is 0.316 e. The summed E-state index contributed by atoms with van der Waals surface area (Å²) < 4.78 is 12.7. The van der Waals surface area contributed by atoms with Crippen molar-refractivity contribution in [1.82, 2.24) is 14.5 Å². The van der Waals surface area contributed by atoms with E-state index in [2.05, 4.69) is 9.97 Å². The minimum atomic E-state index is -0.385. The molecule has 0 aliphatic carbocycles. The minimum Gasteiger partial charge on any atom is -0.495 e. The third-order valence-corrected chi connectivity index (χ3v) is 5.88. The van der Waals surface area contributed by atoms with E-state index < -0.39 is 0 Å². The molecule has 0 amide bonds. The lowest BCUT2D eigenvalue weighted by Crippen LogP contribution is -2.12. The van der Waals surface area contributed by atoms with Gasteiger partial charge in [0, 0.05) is 5.02 Å². The summed E-state index contributed by atoms with van der Waals surface area (Å²) in [5.41, 5.74) is 0.628. The highest BCUT2D eigenvalue weighted by Crippen LogP contribution is 2.31. The highest BCUT2D eigenvalue weighted by atomic mass is 35.5. The molecule has 0 aliphatic heterocycles. The van der Waals surface area contributed by atoms with Crippen molar-refractivity contribution < 1.29 is 14.3 Å². The standard InChI is InChI=1S/C16H14ClN3O4S3/c1-3-24-11(21)7-26-15-18-13-12(14(22)19-15)27-16(25)20(13)9-6-8(17)4-5-10(9)23-2/h4-6H,3,7H2,1-2H3,(H,18,19,22). The summed E-state index contributed by atoms with van der Waals surface area (Å²) in [4.78, 5) is 31.2. The molecule has 1 N–H and O–H groups in total. The molecule has 11 heteroatoms. The van der Waals surface area contributed by atoms with Crippen LogP contribution in [0, 0.1) is 3.95 Å². The number of hydrogen-bond acceptors (Lipinski definition) is 8. The molecular formula is C16H14ClN3O4S3. The minimum absolute atomic E-state index is 0.0354. The number of ether oxygens (including phenoxy) is 2. The highest BCUT2D eigenvalue weighted by Gasteiger charge is 2.17. The number of benzene rings is 1. The number of nitrogens with zero attached hydrogens (tertiary/aromatic N) is 2. The van der Waals surface area contributed by atoms with E-state index in [9.17, 15) is 9.59 Å². The summed E-state index contributed by atoms with van der Waals surface area (Å²) in [6, 6.07) is 5.10. The molecule has 1 aromatic carbocycles. The zero-order valence-electron chi connectivity index (χ0n) is 14.3. The Bertz CT molecular complexity index is 1120. The number of halogens is 1. The van der Waals surface area contributed by atoms with Crippen LogP contribution in [0.3, 0.4) is 0 Å². The Morgan fingerprint density at radius 1 is 1.48 bits per heavy atom. The van der Waals surface area contributed by atoms with Gasteiger partial charge in [0.25, 0.3) is 5.56 Å². The SMILES string of the molecule is CCOC(=O)CSc1nc2c(sc(=S)n2-c2cc(Cl)ccc2OC)c(=O)[nH]1. The van der Waals surface area contributed by atoms with Crippen molar-refractivity contribution in [3.8, 4) is 11.4 Å². The van der Waals surface area contributed by atoms with Crippen LogP contribution >= 0.6 is 46.9 Å². The highest BCUT2D eigenvalue weighted by molar-refractivity contribution is 7.99. The van der Waals surface area contributed by atoms with E-state index in [1.165, 1.54) is 7.11 Å². The number of methoxy groups -OCH3 is 1. The van der Waals surface area contributed by atoms with Crippen LogP contribution < -0.4 is 10.3 Å². The summed E-state index contributed by atoms with van der Waals surface area (Å²) in [5, 5.41) is 0.789. The van der Waals surface area contributed by atoms with Gasteiger partial charge >= 0.3 is 5.97 Å². The van der Waals surface area contributed by atoms with E-state index in [0.717, 1.165) is 23.1 Å². The largest absolute Gasteiger partial charge is 0.495 e. The van der Waals surface area contributed by atoms with E-state index >= 15 is 0 Å². The van der Waals surface area contributed by atoms with E-state index in [1.807, 2.05) is 0 Å². The van der Waals surface area contributed by atoms with Gasteiger partial charge in [-0.25, -0.2) is 4.98 Å². The number of thiazole rings is 1. The van der Waals surface area contributed by atoms with Crippen molar-refractivity contribution in [2.24, 2.45) is 0 Å². The van der Waals surface area contributed by atoms with Gasteiger partial charge in [-0.1, -0.05) is 34.7 Å². The van der Waals surface area contributed by atoms with Crippen molar-refractivity contribution >= 4 is 63.2 Å². The predicted octanol–water partition coefficient (Wildman–Crippen LogP) is 3.82. The van der Waals surface area contributed by atoms with Crippen molar-refractivity contribution in [3.63, 3.8) is 0 Å². The van der Waals surface area contributed by atoms with Crippen LogP contribution in [-0.4, -0.2) is 40.0 Å². The second-order valence-corrected chi connectivity index (χ2v) is 8.18. The van der Waals surface area contributed by atoms with E-state index in [-0.39, 0.29) is 17.3 Å². The summed E-state index contributed by atoms with van der Waals surface area (Å²) in [6.07, 6.45) is 0. The fourth-order valence-corrected chi connectivity index (χ4v) is 4.42. The molecule has 0 unspecified atom stereocenters. The molecule has 0 radical (unpaired) electrons. The molecule has 142 valence electrons. The molecule has 3 aromatic rings. The number of thioether (sulfide) groups is 1. The summed E-state index contributed by atoms with van der Waals surface area (Å²) >= 11 is 13.8. The van der Waals surface area contributed by atoms with Crippen LogP contribution in [0.4, 0.5) is 0 Å². The van der Waals surface area contributed by atoms with Crippen LogP contribution in [0.1, 0.15) is 6.92 Å². The molecule has 7 nitrogen and oxygen atoms in total. The Labute approximate surface area is 172 Å². The first kappa shape index (κ1) is 19.9. The molecule has 27 heavy (non-hydrogen) atoms. The lowest BCUT2D eigenvalue weighted by molar-refractivity contribution is -0.139. The third kappa shape index (κ3) is 4.18. The molecule has 3 rings (SSSR count). The molecule has 0 saturated carbocycles. The Balaban J connectivity index is 2.13. The van der Waals surface area contributed by atoms with Gasteiger partial charge in [-0.15, -0.1) is 0 Å². The second-order valence-electron chi connectivity index (χ2n) is 5.14. The van der Waals surface area contributed by atoms with Crippen LogP contribution in [-0.2, 0) is 9.53 Å². The average Bonchev–Trinajstić information content (AvgIpc) is 2.96. The smallest absolute Gasteiger partial charge is 0.316 e. The normalized spacial score (nSPS) is 10.9. The van der Waals surface area contributed by atoms with Crippen LogP contribution in [0.2, 0.25) is 5.02 Å². The lowest BCUT2D eigenvalue weighted by atomic mass is 10.3.